The van der Waals surface area contributed by atoms with Crippen LogP contribution in [0.5, 0.6) is 0 Å². The molecule has 0 aromatic rings. The molecule has 0 aromatic heterocycles. The molecule has 1 unspecified atom stereocenters. The van der Waals surface area contributed by atoms with Gasteiger partial charge in [0.05, 0.1) is 0 Å². The first-order valence-corrected chi connectivity index (χ1v) is 22.8. The second-order valence-corrected chi connectivity index (χ2v) is 15.0. The summed E-state index contributed by atoms with van der Waals surface area (Å²) in [5, 5.41) is 0. The standard InChI is InChI=1S/C49H84O6/c1-4-7-10-13-16-19-22-23-24-25-28-30-33-36-39-42-48(51)54-45-46(55-49(52)43-40-37-34-31-27-21-18-15-12-9-6-3)44-53-47(50)41-38-35-32-29-26-20-17-14-11-8-5-2/h7,10,13,15-16,18-19,22-24,46H,4-6,8-9,11-12,14,17,20-21,25-45H2,1-3H3/b10-7-,16-13-,18-15-,22-19-,24-23-. The molecular formula is C49H84O6. The predicted octanol–water partition coefficient (Wildman–Crippen LogP) is 14.5. The van der Waals surface area contributed by atoms with E-state index in [2.05, 4.69) is 63.3 Å². The zero-order chi connectivity index (χ0) is 40.1. The van der Waals surface area contributed by atoms with Crippen LogP contribution in [0.4, 0.5) is 0 Å². The number of unbranched alkanes of at least 4 members (excludes halogenated alkanes) is 22. The van der Waals surface area contributed by atoms with Gasteiger partial charge in [-0.1, -0.05) is 197 Å². The molecule has 55 heavy (non-hydrogen) atoms. The van der Waals surface area contributed by atoms with Crippen molar-refractivity contribution in [3.8, 4) is 0 Å². The average molecular weight is 769 g/mol. The highest BCUT2D eigenvalue weighted by molar-refractivity contribution is 5.71. The van der Waals surface area contributed by atoms with Crippen molar-refractivity contribution in [2.45, 2.75) is 219 Å². The molecule has 0 radical (unpaired) electrons. The molecule has 0 bridgehead atoms. The first-order chi connectivity index (χ1) is 27.0. The number of esters is 3. The maximum atomic E-state index is 12.7. The van der Waals surface area contributed by atoms with E-state index in [0.29, 0.717) is 19.3 Å². The molecule has 0 rings (SSSR count). The number of ether oxygens (including phenoxy) is 3. The van der Waals surface area contributed by atoms with E-state index in [1.54, 1.807) is 0 Å². The van der Waals surface area contributed by atoms with Crippen LogP contribution in [-0.4, -0.2) is 37.2 Å². The summed E-state index contributed by atoms with van der Waals surface area (Å²) in [6, 6.07) is 0. The van der Waals surface area contributed by atoms with E-state index >= 15 is 0 Å². The Balaban J connectivity index is 4.42. The number of carbonyl (C=O) groups is 3. The Kier molecular flexibility index (Phi) is 41.5. The quantitative estimate of drug-likeness (QED) is 0.0203. The van der Waals surface area contributed by atoms with Crippen molar-refractivity contribution >= 4 is 17.9 Å². The summed E-state index contributed by atoms with van der Waals surface area (Å²) in [4.78, 5) is 37.7. The van der Waals surface area contributed by atoms with Crippen molar-refractivity contribution in [3.63, 3.8) is 0 Å². The second kappa shape index (κ2) is 43.8. The molecule has 0 aliphatic heterocycles. The SMILES string of the molecule is CC\C=C/C=C\C=C/C=C\CCCCCCCC(=O)OCC(COC(=O)CCCCCCCCCCCCC)OC(=O)CCCCCCC/C=C\CCCC. The van der Waals surface area contributed by atoms with E-state index in [9.17, 15) is 14.4 Å². The fraction of sp³-hybridized carbons (Fsp3) is 0.735. The molecule has 0 heterocycles. The number of hydrogen-bond donors (Lipinski definition) is 0. The van der Waals surface area contributed by atoms with Crippen LogP contribution in [0.25, 0.3) is 0 Å². The Hall–Kier alpha value is -2.89. The van der Waals surface area contributed by atoms with Crippen molar-refractivity contribution in [1.82, 2.24) is 0 Å². The third-order valence-electron chi connectivity index (χ3n) is 9.60. The maximum absolute atomic E-state index is 12.7. The summed E-state index contributed by atoms with van der Waals surface area (Å²) in [5.74, 6) is -0.922. The maximum Gasteiger partial charge on any atom is 0.306 e. The number of rotatable bonds is 40. The zero-order valence-corrected chi connectivity index (χ0v) is 35.9. The van der Waals surface area contributed by atoms with Crippen molar-refractivity contribution < 1.29 is 28.6 Å². The van der Waals surface area contributed by atoms with Crippen LogP contribution in [0.1, 0.15) is 213 Å². The summed E-state index contributed by atoms with van der Waals surface area (Å²) in [5.41, 5.74) is 0. The minimum atomic E-state index is -0.783. The van der Waals surface area contributed by atoms with Gasteiger partial charge in [0.15, 0.2) is 6.10 Å². The van der Waals surface area contributed by atoms with Crippen LogP contribution in [0.2, 0.25) is 0 Å². The first kappa shape index (κ1) is 52.1. The van der Waals surface area contributed by atoms with Gasteiger partial charge in [0.25, 0.3) is 0 Å². The summed E-state index contributed by atoms with van der Waals surface area (Å²) >= 11 is 0. The van der Waals surface area contributed by atoms with Crippen LogP contribution in [0.3, 0.4) is 0 Å². The van der Waals surface area contributed by atoms with Gasteiger partial charge in [-0.3, -0.25) is 14.4 Å². The summed E-state index contributed by atoms with van der Waals surface area (Å²) in [6.07, 6.45) is 52.0. The zero-order valence-electron chi connectivity index (χ0n) is 35.9. The van der Waals surface area contributed by atoms with Gasteiger partial charge in [-0.15, -0.1) is 0 Å². The lowest BCUT2D eigenvalue weighted by Crippen LogP contribution is -2.30. The van der Waals surface area contributed by atoms with E-state index < -0.39 is 6.10 Å². The molecule has 1 atom stereocenters. The van der Waals surface area contributed by atoms with Gasteiger partial charge in [-0.05, 0) is 57.8 Å². The lowest BCUT2D eigenvalue weighted by atomic mass is 10.1. The lowest BCUT2D eigenvalue weighted by molar-refractivity contribution is -0.167. The third kappa shape index (κ3) is 42.1. The van der Waals surface area contributed by atoms with Crippen LogP contribution in [0, 0.1) is 0 Å². The fourth-order valence-electron chi connectivity index (χ4n) is 6.14. The molecule has 0 N–H and O–H groups in total. The van der Waals surface area contributed by atoms with E-state index in [0.717, 1.165) is 96.3 Å². The van der Waals surface area contributed by atoms with Crippen LogP contribution in [0.15, 0.2) is 60.8 Å². The normalized spacial score (nSPS) is 12.6. The largest absolute Gasteiger partial charge is 0.462 e. The van der Waals surface area contributed by atoms with E-state index in [1.165, 1.54) is 77.0 Å². The molecule has 0 aromatic carbocycles. The highest BCUT2D eigenvalue weighted by Gasteiger charge is 2.19. The van der Waals surface area contributed by atoms with Crippen LogP contribution in [-0.2, 0) is 28.6 Å². The summed E-state index contributed by atoms with van der Waals surface area (Å²) < 4.78 is 16.7. The predicted molar refractivity (Wildman–Crippen MR) is 233 cm³/mol. The number of carbonyl (C=O) groups excluding carboxylic acids is 3. The third-order valence-corrected chi connectivity index (χ3v) is 9.60. The highest BCUT2D eigenvalue weighted by atomic mass is 16.6. The van der Waals surface area contributed by atoms with Gasteiger partial charge in [0.1, 0.15) is 13.2 Å². The molecule has 0 fully saturated rings. The molecule has 316 valence electrons. The summed E-state index contributed by atoms with van der Waals surface area (Å²) in [7, 11) is 0. The summed E-state index contributed by atoms with van der Waals surface area (Å²) in [6.45, 7) is 6.41. The van der Waals surface area contributed by atoms with Gasteiger partial charge < -0.3 is 14.2 Å². The smallest absolute Gasteiger partial charge is 0.306 e. The number of allylic oxidation sites excluding steroid dienone is 10. The van der Waals surface area contributed by atoms with Crippen molar-refractivity contribution in [1.29, 1.82) is 0 Å². The molecule has 6 nitrogen and oxygen atoms in total. The minimum absolute atomic E-state index is 0.0844. The Bertz CT molecular complexity index is 1020. The molecule has 0 aliphatic carbocycles. The van der Waals surface area contributed by atoms with Crippen molar-refractivity contribution in [3.05, 3.63) is 60.8 Å². The molecule has 0 saturated carbocycles. The fourth-order valence-corrected chi connectivity index (χ4v) is 6.14. The second-order valence-electron chi connectivity index (χ2n) is 15.0. The van der Waals surface area contributed by atoms with Gasteiger partial charge >= 0.3 is 17.9 Å². The van der Waals surface area contributed by atoms with Gasteiger partial charge in [-0.2, -0.15) is 0 Å². The lowest BCUT2D eigenvalue weighted by Gasteiger charge is -2.18. The molecule has 0 aliphatic rings. The Morgan fingerprint density at radius 1 is 0.382 bits per heavy atom. The Morgan fingerprint density at radius 2 is 0.745 bits per heavy atom. The first-order valence-electron chi connectivity index (χ1n) is 22.8. The molecule has 0 saturated heterocycles. The van der Waals surface area contributed by atoms with E-state index in [4.69, 9.17) is 14.2 Å². The topological polar surface area (TPSA) is 78.9 Å². The highest BCUT2D eigenvalue weighted by Crippen LogP contribution is 2.14. The van der Waals surface area contributed by atoms with Crippen molar-refractivity contribution in [2.24, 2.45) is 0 Å². The molecule has 0 amide bonds. The molecule has 0 spiro atoms. The van der Waals surface area contributed by atoms with Crippen LogP contribution < -0.4 is 0 Å². The van der Waals surface area contributed by atoms with Crippen molar-refractivity contribution in [2.75, 3.05) is 13.2 Å². The molecule has 6 heteroatoms. The molecular weight excluding hydrogens is 685 g/mol. The van der Waals surface area contributed by atoms with Gasteiger partial charge in [0, 0.05) is 19.3 Å². The minimum Gasteiger partial charge on any atom is -0.462 e. The van der Waals surface area contributed by atoms with Gasteiger partial charge in [0.2, 0.25) is 0 Å². The average Bonchev–Trinajstić information content (AvgIpc) is 3.18. The Morgan fingerprint density at radius 3 is 1.22 bits per heavy atom. The van der Waals surface area contributed by atoms with E-state index in [1.807, 2.05) is 18.2 Å². The van der Waals surface area contributed by atoms with E-state index in [-0.39, 0.29) is 31.1 Å². The van der Waals surface area contributed by atoms with Gasteiger partial charge in [-0.25, -0.2) is 0 Å². The number of hydrogen-bond acceptors (Lipinski definition) is 6. The Labute approximate surface area is 339 Å². The monoisotopic (exact) mass is 769 g/mol. The van der Waals surface area contributed by atoms with Crippen LogP contribution >= 0.6 is 0 Å².